The van der Waals surface area contributed by atoms with E-state index in [1.165, 1.54) is 10.8 Å². The molecule has 2 N–H and O–H groups in total. The van der Waals surface area contributed by atoms with Gasteiger partial charge in [0, 0.05) is 0 Å². The monoisotopic (exact) mass is 256 g/mol. The number of carbonyl (C=O) groups is 1. The molecule has 0 fully saturated rings. The number of amides is 1. The van der Waals surface area contributed by atoms with E-state index in [4.69, 9.17) is 0 Å². The zero-order valence-corrected chi connectivity index (χ0v) is 11.6. The molecule has 2 atom stereocenters. The summed E-state index contributed by atoms with van der Waals surface area (Å²) in [7, 11) is 1.78. The molecule has 2 unspecified atom stereocenters. The highest BCUT2D eigenvalue weighted by Gasteiger charge is 2.15. The second kappa shape index (κ2) is 5.85. The van der Waals surface area contributed by atoms with Crippen molar-refractivity contribution < 1.29 is 4.79 Å². The largest absolute Gasteiger partial charge is 0.348 e. The quantitative estimate of drug-likeness (QED) is 0.883. The van der Waals surface area contributed by atoms with E-state index in [0.29, 0.717) is 0 Å². The fourth-order valence-electron chi connectivity index (χ4n) is 2.18. The first-order valence-electron chi connectivity index (χ1n) is 6.58. The van der Waals surface area contributed by atoms with Gasteiger partial charge >= 0.3 is 0 Å². The van der Waals surface area contributed by atoms with E-state index >= 15 is 0 Å². The number of fused-ring (bicyclic) bond motifs is 1. The van der Waals surface area contributed by atoms with E-state index in [0.717, 1.165) is 5.56 Å². The lowest BCUT2D eigenvalue weighted by Crippen LogP contribution is -2.41. The Balaban J connectivity index is 2.27. The molecule has 3 heteroatoms. The Hall–Kier alpha value is -1.87. The maximum absolute atomic E-state index is 11.9. The van der Waals surface area contributed by atoms with Gasteiger partial charge in [-0.1, -0.05) is 42.5 Å². The van der Waals surface area contributed by atoms with Crippen LogP contribution in [0.4, 0.5) is 0 Å². The molecule has 0 aliphatic rings. The van der Waals surface area contributed by atoms with Gasteiger partial charge in [-0.15, -0.1) is 0 Å². The molecule has 19 heavy (non-hydrogen) atoms. The molecule has 0 spiro atoms. The van der Waals surface area contributed by atoms with Crippen molar-refractivity contribution in [2.24, 2.45) is 0 Å². The van der Waals surface area contributed by atoms with Gasteiger partial charge in [0.05, 0.1) is 12.1 Å². The molecule has 0 radical (unpaired) electrons. The van der Waals surface area contributed by atoms with E-state index in [1.807, 2.05) is 32.0 Å². The molecule has 2 aromatic rings. The summed E-state index contributed by atoms with van der Waals surface area (Å²) in [6, 6.07) is 14.2. The van der Waals surface area contributed by atoms with Crippen molar-refractivity contribution in [1.29, 1.82) is 0 Å². The topological polar surface area (TPSA) is 41.1 Å². The number of carbonyl (C=O) groups excluding carboxylic acids is 1. The van der Waals surface area contributed by atoms with Crippen LogP contribution in [0, 0.1) is 0 Å². The molecular formula is C16H20N2O. The lowest BCUT2D eigenvalue weighted by Gasteiger charge is -2.19. The van der Waals surface area contributed by atoms with E-state index in [2.05, 4.69) is 34.9 Å². The minimum absolute atomic E-state index is 0.00519. The lowest BCUT2D eigenvalue weighted by molar-refractivity contribution is -0.123. The molecule has 0 heterocycles. The normalized spacial score (nSPS) is 14.1. The molecule has 2 rings (SSSR count). The molecule has 0 saturated heterocycles. The standard InChI is InChI=1S/C16H20N2O/c1-11(18-16(19)12(2)17-3)14-10-6-8-13-7-4-5-9-15(13)14/h4-12,17H,1-3H3,(H,18,19). The predicted molar refractivity (Wildman–Crippen MR) is 79.0 cm³/mol. The van der Waals surface area contributed by atoms with Crippen molar-refractivity contribution in [2.75, 3.05) is 7.05 Å². The maximum Gasteiger partial charge on any atom is 0.237 e. The molecule has 0 aliphatic carbocycles. The molecule has 2 aromatic carbocycles. The van der Waals surface area contributed by atoms with Gasteiger partial charge in [-0.25, -0.2) is 0 Å². The predicted octanol–water partition coefficient (Wildman–Crippen LogP) is 2.62. The molecule has 3 nitrogen and oxygen atoms in total. The van der Waals surface area contributed by atoms with Crippen LogP contribution in [0.5, 0.6) is 0 Å². The van der Waals surface area contributed by atoms with Gasteiger partial charge in [-0.2, -0.15) is 0 Å². The highest BCUT2D eigenvalue weighted by Crippen LogP contribution is 2.23. The Kier molecular flexibility index (Phi) is 4.17. The van der Waals surface area contributed by atoms with E-state index in [-0.39, 0.29) is 18.0 Å². The minimum Gasteiger partial charge on any atom is -0.348 e. The van der Waals surface area contributed by atoms with Crippen molar-refractivity contribution in [3.05, 3.63) is 48.0 Å². The van der Waals surface area contributed by atoms with Gasteiger partial charge in [0.25, 0.3) is 0 Å². The van der Waals surface area contributed by atoms with Gasteiger partial charge in [0.2, 0.25) is 5.91 Å². The highest BCUT2D eigenvalue weighted by molar-refractivity contribution is 5.87. The third-order valence-corrected chi connectivity index (χ3v) is 3.47. The van der Waals surface area contributed by atoms with Crippen LogP contribution in [0.1, 0.15) is 25.5 Å². The fourth-order valence-corrected chi connectivity index (χ4v) is 2.18. The minimum atomic E-state index is -0.183. The van der Waals surface area contributed by atoms with Crippen molar-refractivity contribution in [3.8, 4) is 0 Å². The van der Waals surface area contributed by atoms with Gasteiger partial charge in [-0.05, 0) is 37.2 Å². The summed E-state index contributed by atoms with van der Waals surface area (Å²) in [4.78, 5) is 11.9. The third kappa shape index (κ3) is 2.93. The zero-order valence-electron chi connectivity index (χ0n) is 11.6. The fraction of sp³-hybridized carbons (Fsp3) is 0.312. The molecule has 100 valence electrons. The highest BCUT2D eigenvalue weighted by atomic mass is 16.2. The first-order valence-corrected chi connectivity index (χ1v) is 6.58. The van der Waals surface area contributed by atoms with Gasteiger partial charge in [-0.3, -0.25) is 4.79 Å². The van der Waals surface area contributed by atoms with Crippen LogP contribution in [0.3, 0.4) is 0 Å². The average molecular weight is 256 g/mol. The summed E-state index contributed by atoms with van der Waals surface area (Å²) in [6.07, 6.45) is 0. The summed E-state index contributed by atoms with van der Waals surface area (Å²) in [5.41, 5.74) is 1.15. The van der Waals surface area contributed by atoms with Crippen LogP contribution in [-0.2, 0) is 4.79 Å². The van der Waals surface area contributed by atoms with E-state index in [1.54, 1.807) is 7.05 Å². The number of rotatable bonds is 4. The summed E-state index contributed by atoms with van der Waals surface area (Å²) in [5, 5.41) is 8.37. The SMILES string of the molecule is CNC(C)C(=O)NC(C)c1cccc2ccccc12. The van der Waals surface area contributed by atoms with Crippen LogP contribution >= 0.6 is 0 Å². The van der Waals surface area contributed by atoms with Gasteiger partial charge < -0.3 is 10.6 Å². The van der Waals surface area contributed by atoms with Crippen LogP contribution in [0.2, 0.25) is 0 Å². The molecule has 0 saturated carbocycles. The number of benzene rings is 2. The van der Waals surface area contributed by atoms with Crippen LogP contribution in [0.15, 0.2) is 42.5 Å². The summed E-state index contributed by atoms with van der Waals surface area (Å²) >= 11 is 0. The maximum atomic E-state index is 11.9. The van der Waals surface area contributed by atoms with E-state index < -0.39 is 0 Å². The van der Waals surface area contributed by atoms with Crippen LogP contribution in [0.25, 0.3) is 10.8 Å². The van der Waals surface area contributed by atoms with Crippen molar-refractivity contribution in [2.45, 2.75) is 25.9 Å². The Labute approximate surface area is 114 Å². The summed E-state index contributed by atoms with van der Waals surface area (Å²) in [6.45, 7) is 3.87. The first kappa shape index (κ1) is 13.6. The second-order valence-electron chi connectivity index (χ2n) is 4.81. The number of likely N-dealkylation sites (N-methyl/N-ethyl adjacent to an activating group) is 1. The van der Waals surface area contributed by atoms with Crippen molar-refractivity contribution in [1.82, 2.24) is 10.6 Å². The summed E-state index contributed by atoms with van der Waals surface area (Å²) in [5.74, 6) is 0.0166. The Morgan fingerprint density at radius 3 is 2.47 bits per heavy atom. The van der Waals surface area contributed by atoms with Gasteiger partial charge in [0.15, 0.2) is 0 Å². The average Bonchev–Trinajstić information content (AvgIpc) is 2.45. The van der Waals surface area contributed by atoms with Crippen molar-refractivity contribution in [3.63, 3.8) is 0 Å². The molecule has 0 aliphatic heterocycles. The number of hydrogen-bond donors (Lipinski definition) is 2. The molecule has 0 bridgehead atoms. The first-order chi connectivity index (χ1) is 9.13. The Morgan fingerprint density at radius 2 is 1.74 bits per heavy atom. The number of nitrogens with one attached hydrogen (secondary N) is 2. The summed E-state index contributed by atoms with van der Waals surface area (Å²) < 4.78 is 0. The lowest BCUT2D eigenvalue weighted by atomic mass is 9.99. The smallest absolute Gasteiger partial charge is 0.237 e. The third-order valence-electron chi connectivity index (χ3n) is 3.47. The van der Waals surface area contributed by atoms with Crippen LogP contribution in [-0.4, -0.2) is 19.0 Å². The molecule has 0 aromatic heterocycles. The van der Waals surface area contributed by atoms with E-state index in [9.17, 15) is 4.79 Å². The molecule has 1 amide bonds. The van der Waals surface area contributed by atoms with Gasteiger partial charge in [0.1, 0.15) is 0 Å². The van der Waals surface area contributed by atoms with Crippen molar-refractivity contribution >= 4 is 16.7 Å². The number of hydrogen-bond acceptors (Lipinski definition) is 2. The Morgan fingerprint density at radius 1 is 1.05 bits per heavy atom. The zero-order chi connectivity index (χ0) is 13.8. The Bertz CT molecular complexity index is 574. The van der Waals surface area contributed by atoms with Crippen LogP contribution < -0.4 is 10.6 Å². The second-order valence-corrected chi connectivity index (χ2v) is 4.81. The molecular weight excluding hydrogens is 236 g/mol.